The van der Waals surface area contributed by atoms with Crippen molar-refractivity contribution >= 4 is 20.5 Å². The first kappa shape index (κ1) is 34.8. The van der Waals surface area contributed by atoms with Crippen LogP contribution in [0.1, 0.15) is 72.2 Å². The summed E-state index contributed by atoms with van der Waals surface area (Å²) in [6, 6.07) is 21.6. The standard InChI is InChI=1S/C36H42O8S2/c1-23-19-29(20-24(2)33(23)41-9)36(7,8)30-21-25(3)34(26(4)22-30)44-46(39,40)43-32-17-13-28(14-18-32)35(5,6)27-11-15-31(16-12-27)42-45(10,37)38/h11-22H,1-10H3. The molecular weight excluding hydrogens is 625 g/mol. The van der Waals surface area contributed by atoms with Crippen LogP contribution in [-0.2, 0) is 31.3 Å². The van der Waals surface area contributed by atoms with Crippen LogP contribution in [0.3, 0.4) is 0 Å². The highest BCUT2D eigenvalue weighted by Gasteiger charge is 2.28. The van der Waals surface area contributed by atoms with Crippen LogP contribution in [0.4, 0.5) is 0 Å². The second-order valence-electron chi connectivity index (χ2n) is 12.7. The van der Waals surface area contributed by atoms with Gasteiger partial charge >= 0.3 is 20.5 Å². The van der Waals surface area contributed by atoms with E-state index in [2.05, 4.69) is 26.0 Å². The van der Waals surface area contributed by atoms with Gasteiger partial charge in [0.2, 0.25) is 0 Å². The molecule has 0 unspecified atom stereocenters. The zero-order valence-electron chi connectivity index (χ0n) is 28.0. The third-order valence-electron chi connectivity index (χ3n) is 8.35. The molecule has 0 bridgehead atoms. The predicted octanol–water partition coefficient (Wildman–Crippen LogP) is 7.62. The van der Waals surface area contributed by atoms with E-state index in [0.717, 1.165) is 45.4 Å². The molecule has 0 saturated carbocycles. The number of hydrogen-bond donors (Lipinski definition) is 0. The Kier molecular flexibility index (Phi) is 9.58. The minimum Gasteiger partial charge on any atom is -0.496 e. The average molecular weight is 667 g/mol. The second kappa shape index (κ2) is 12.6. The fourth-order valence-electron chi connectivity index (χ4n) is 5.68. The molecule has 8 nitrogen and oxygen atoms in total. The first-order chi connectivity index (χ1) is 21.2. The Morgan fingerprint density at radius 1 is 0.500 bits per heavy atom. The van der Waals surface area contributed by atoms with Crippen LogP contribution in [0.15, 0.2) is 72.8 Å². The molecular formula is C36H42O8S2. The van der Waals surface area contributed by atoms with Crippen molar-refractivity contribution in [2.75, 3.05) is 13.4 Å². The summed E-state index contributed by atoms with van der Waals surface area (Å²) >= 11 is 0. The normalized spacial score (nSPS) is 12.5. The van der Waals surface area contributed by atoms with Crippen LogP contribution in [0.25, 0.3) is 0 Å². The SMILES string of the molecule is COc1c(C)cc(C(C)(C)c2cc(C)c(OS(=O)(=O)Oc3ccc(C(C)(C)c4ccc(OS(C)(=O)=O)cc4)cc3)c(C)c2)cc1C. The summed E-state index contributed by atoms with van der Waals surface area (Å²) < 4.78 is 70.2. The lowest BCUT2D eigenvalue weighted by atomic mass is 9.76. The van der Waals surface area contributed by atoms with Crippen LogP contribution in [0.5, 0.6) is 23.0 Å². The Morgan fingerprint density at radius 3 is 1.22 bits per heavy atom. The van der Waals surface area contributed by atoms with Gasteiger partial charge in [-0.15, -0.1) is 8.42 Å². The number of benzene rings is 4. The number of hydrogen-bond acceptors (Lipinski definition) is 8. The van der Waals surface area contributed by atoms with Crippen LogP contribution in [-0.4, -0.2) is 30.2 Å². The van der Waals surface area contributed by atoms with E-state index in [9.17, 15) is 16.8 Å². The van der Waals surface area contributed by atoms with Crippen molar-refractivity contribution in [3.05, 3.63) is 117 Å². The van der Waals surface area contributed by atoms with Gasteiger partial charge in [0.15, 0.2) is 5.75 Å². The molecule has 0 radical (unpaired) electrons. The molecule has 4 aromatic carbocycles. The number of rotatable bonds is 11. The lowest BCUT2D eigenvalue weighted by Gasteiger charge is -2.29. The van der Waals surface area contributed by atoms with Crippen molar-refractivity contribution in [2.45, 2.75) is 66.2 Å². The summed E-state index contributed by atoms with van der Waals surface area (Å²) in [7, 11) is -6.40. The average Bonchev–Trinajstić information content (AvgIpc) is 2.94. The van der Waals surface area contributed by atoms with Gasteiger partial charge in [0.25, 0.3) is 0 Å². The molecule has 0 aliphatic carbocycles. The van der Waals surface area contributed by atoms with Crippen molar-refractivity contribution in [1.82, 2.24) is 0 Å². The van der Waals surface area contributed by atoms with Crippen molar-refractivity contribution in [3.8, 4) is 23.0 Å². The smallest absolute Gasteiger partial charge is 0.496 e. The van der Waals surface area contributed by atoms with Crippen LogP contribution < -0.4 is 17.3 Å². The molecule has 0 heterocycles. The molecule has 0 atom stereocenters. The molecule has 10 heteroatoms. The lowest BCUT2D eigenvalue weighted by molar-refractivity contribution is 0.390. The third-order valence-corrected chi connectivity index (χ3v) is 9.61. The van der Waals surface area contributed by atoms with E-state index in [0.29, 0.717) is 11.1 Å². The van der Waals surface area contributed by atoms with E-state index >= 15 is 0 Å². The Bertz CT molecular complexity index is 1910. The monoisotopic (exact) mass is 666 g/mol. The highest BCUT2D eigenvalue weighted by Crippen LogP contribution is 2.39. The molecule has 0 aliphatic heterocycles. The van der Waals surface area contributed by atoms with Crippen molar-refractivity contribution in [2.24, 2.45) is 0 Å². The number of aryl methyl sites for hydroxylation is 4. The summed E-state index contributed by atoms with van der Waals surface area (Å²) in [5.41, 5.74) is 6.53. The van der Waals surface area contributed by atoms with Gasteiger partial charge in [-0.05, 0) is 96.5 Å². The Hall–Kier alpha value is -4.02. The highest BCUT2D eigenvalue weighted by molar-refractivity contribution is 7.86. The molecule has 0 fully saturated rings. The van der Waals surface area contributed by atoms with Crippen molar-refractivity contribution in [1.29, 1.82) is 0 Å². The molecule has 0 amide bonds. The van der Waals surface area contributed by atoms with E-state index < -0.39 is 25.9 Å². The molecule has 0 N–H and O–H groups in total. The summed E-state index contributed by atoms with van der Waals surface area (Å²) in [6.07, 6.45) is 0.991. The third kappa shape index (κ3) is 7.67. The largest absolute Gasteiger partial charge is 0.501 e. The fourth-order valence-corrected chi connectivity index (χ4v) is 6.98. The van der Waals surface area contributed by atoms with Crippen LogP contribution in [0.2, 0.25) is 0 Å². The van der Waals surface area contributed by atoms with E-state index in [-0.39, 0.29) is 22.7 Å². The molecule has 0 aromatic heterocycles. The molecule has 46 heavy (non-hydrogen) atoms. The Labute approximate surface area is 273 Å². The first-order valence-corrected chi connectivity index (χ1v) is 17.9. The molecule has 0 spiro atoms. The maximum atomic E-state index is 13.0. The molecule has 246 valence electrons. The highest BCUT2D eigenvalue weighted by atomic mass is 32.3. The van der Waals surface area contributed by atoms with Gasteiger partial charge in [0.1, 0.15) is 17.2 Å². The minimum absolute atomic E-state index is 0.106. The number of methoxy groups -OCH3 is 1. The zero-order chi connectivity index (χ0) is 34.2. The van der Waals surface area contributed by atoms with E-state index in [1.54, 1.807) is 55.6 Å². The van der Waals surface area contributed by atoms with E-state index in [1.165, 1.54) is 0 Å². The van der Waals surface area contributed by atoms with Gasteiger partial charge in [-0.2, -0.15) is 8.42 Å². The van der Waals surface area contributed by atoms with Gasteiger partial charge in [-0.25, -0.2) is 0 Å². The fraction of sp³-hybridized carbons (Fsp3) is 0.333. The van der Waals surface area contributed by atoms with Crippen molar-refractivity contribution in [3.63, 3.8) is 0 Å². The van der Waals surface area contributed by atoms with Gasteiger partial charge in [0, 0.05) is 10.8 Å². The lowest BCUT2D eigenvalue weighted by Crippen LogP contribution is -2.21. The van der Waals surface area contributed by atoms with Crippen LogP contribution >= 0.6 is 0 Å². The van der Waals surface area contributed by atoms with Gasteiger partial charge in [-0.3, -0.25) is 0 Å². The molecule has 0 aliphatic rings. The minimum atomic E-state index is -4.45. The maximum Gasteiger partial charge on any atom is 0.501 e. The van der Waals surface area contributed by atoms with E-state index in [1.807, 2.05) is 53.7 Å². The van der Waals surface area contributed by atoms with Crippen molar-refractivity contribution < 1.29 is 34.1 Å². The molecule has 4 rings (SSSR count). The summed E-state index contributed by atoms with van der Waals surface area (Å²) in [6.45, 7) is 16.0. The summed E-state index contributed by atoms with van der Waals surface area (Å²) in [5.74, 6) is 1.42. The summed E-state index contributed by atoms with van der Waals surface area (Å²) in [5, 5.41) is 0. The van der Waals surface area contributed by atoms with Gasteiger partial charge in [0.05, 0.1) is 13.4 Å². The predicted molar refractivity (Wildman–Crippen MR) is 181 cm³/mol. The maximum absolute atomic E-state index is 13.0. The second-order valence-corrected chi connectivity index (χ2v) is 15.5. The number of ether oxygens (including phenoxy) is 1. The Balaban J connectivity index is 1.51. The van der Waals surface area contributed by atoms with Gasteiger partial charge in [-0.1, -0.05) is 76.2 Å². The van der Waals surface area contributed by atoms with Gasteiger partial charge < -0.3 is 17.3 Å². The topological polar surface area (TPSA) is 105 Å². The first-order valence-electron chi connectivity index (χ1n) is 14.8. The zero-order valence-corrected chi connectivity index (χ0v) is 29.6. The quantitative estimate of drug-likeness (QED) is 0.151. The summed E-state index contributed by atoms with van der Waals surface area (Å²) in [4.78, 5) is 0. The molecule has 4 aromatic rings. The molecule has 0 saturated heterocycles. The van der Waals surface area contributed by atoms with Crippen LogP contribution in [0, 0.1) is 27.7 Å². The van der Waals surface area contributed by atoms with E-state index in [4.69, 9.17) is 17.3 Å². The Morgan fingerprint density at radius 2 is 0.848 bits per heavy atom.